The first-order valence-electron chi connectivity index (χ1n) is 11.3. The van der Waals surface area contributed by atoms with Gasteiger partial charge >= 0.3 is 0 Å². The minimum Gasteiger partial charge on any atom is -0.379 e. The summed E-state index contributed by atoms with van der Waals surface area (Å²) in [5, 5.41) is 7.14. The number of guanidine groups is 1. The Balaban J connectivity index is 1.48. The highest BCUT2D eigenvalue weighted by molar-refractivity contribution is 5.80. The Morgan fingerprint density at radius 1 is 1.21 bits per heavy atom. The third-order valence-corrected chi connectivity index (χ3v) is 6.11. The van der Waals surface area contributed by atoms with Gasteiger partial charge in [0.05, 0.1) is 19.8 Å². The molecule has 3 unspecified atom stereocenters. The molecule has 2 N–H and O–H groups in total. The molecule has 3 atom stereocenters. The van der Waals surface area contributed by atoms with Gasteiger partial charge in [-0.05, 0) is 39.2 Å². The van der Waals surface area contributed by atoms with Gasteiger partial charge in [0.2, 0.25) is 0 Å². The van der Waals surface area contributed by atoms with E-state index in [0.29, 0.717) is 18.1 Å². The van der Waals surface area contributed by atoms with Crippen LogP contribution in [0, 0.1) is 0 Å². The van der Waals surface area contributed by atoms with E-state index in [1.807, 2.05) is 0 Å². The molecule has 0 spiro atoms. The predicted molar refractivity (Wildman–Crippen MR) is 120 cm³/mol. The summed E-state index contributed by atoms with van der Waals surface area (Å²) in [6.45, 7) is 14.3. The number of hydrogen-bond acceptors (Lipinski definition) is 4. The van der Waals surface area contributed by atoms with Crippen molar-refractivity contribution in [1.29, 1.82) is 0 Å². The van der Waals surface area contributed by atoms with Crippen LogP contribution in [-0.4, -0.2) is 79.8 Å². The van der Waals surface area contributed by atoms with Crippen molar-refractivity contribution in [2.24, 2.45) is 4.99 Å². The number of benzene rings is 1. The lowest BCUT2D eigenvalue weighted by atomic mass is 9.97. The molecule has 6 heteroatoms. The highest BCUT2D eigenvalue weighted by Crippen LogP contribution is 2.20. The van der Waals surface area contributed by atoms with Crippen molar-refractivity contribution in [3.05, 3.63) is 35.9 Å². The quantitative estimate of drug-likeness (QED) is 0.542. The number of nitrogens with zero attached hydrogens (tertiary/aromatic N) is 3. The number of likely N-dealkylation sites (tertiary alicyclic amines) is 1. The van der Waals surface area contributed by atoms with Gasteiger partial charge < -0.3 is 15.4 Å². The van der Waals surface area contributed by atoms with Crippen molar-refractivity contribution < 1.29 is 4.74 Å². The Morgan fingerprint density at radius 3 is 2.66 bits per heavy atom. The summed E-state index contributed by atoms with van der Waals surface area (Å²) in [5.74, 6) is 0.960. The van der Waals surface area contributed by atoms with Gasteiger partial charge in [0, 0.05) is 50.8 Å². The first kappa shape index (κ1) is 22.1. The maximum absolute atomic E-state index is 5.46. The van der Waals surface area contributed by atoms with Gasteiger partial charge in [0.15, 0.2) is 5.96 Å². The van der Waals surface area contributed by atoms with Gasteiger partial charge in [0.25, 0.3) is 0 Å². The zero-order chi connectivity index (χ0) is 20.5. The number of hydrogen-bond donors (Lipinski definition) is 2. The van der Waals surface area contributed by atoms with Gasteiger partial charge in [0.1, 0.15) is 0 Å². The fourth-order valence-electron chi connectivity index (χ4n) is 4.28. The molecule has 0 aromatic heterocycles. The Labute approximate surface area is 176 Å². The number of nitrogens with one attached hydrogen (secondary N) is 2. The fourth-order valence-corrected chi connectivity index (χ4v) is 4.28. The van der Waals surface area contributed by atoms with Crippen molar-refractivity contribution >= 4 is 5.96 Å². The maximum Gasteiger partial charge on any atom is 0.191 e. The zero-order valence-corrected chi connectivity index (χ0v) is 18.4. The molecule has 6 nitrogen and oxygen atoms in total. The van der Waals surface area contributed by atoms with Crippen LogP contribution >= 0.6 is 0 Å². The van der Waals surface area contributed by atoms with Crippen LogP contribution in [-0.2, 0) is 11.3 Å². The molecule has 2 aliphatic heterocycles. The highest BCUT2D eigenvalue weighted by atomic mass is 16.5. The molecule has 1 aromatic carbocycles. The number of piperidine rings is 1. The summed E-state index contributed by atoms with van der Waals surface area (Å²) in [7, 11) is 0. The van der Waals surface area contributed by atoms with Gasteiger partial charge in [-0.15, -0.1) is 0 Å². The second-order valence-electron chi connectivity index (χ2n) is 8.39. The number of aliphatic imine (C=N–C) groups is 1. The average Bonchev–Trinajstić information content (AvgIpc) is 2.75. The van der Waals surface area contributed by atoms with E-state index in [2.05, 4.69) is 71.5 Å². The van der Waals surface area contributed by atoms with Crippen LogP contribution in [0.15, 0.2) is 35.3 Å². The summed E-state index contributed by atoms with van der Waals surface area (Å²) >= 11 is 0. The molecule has 2 saturated heterocycles. The Bertz CT molecular complexity index is 617. The molecule has 0 radical (unpaired) electrons. The molecule has 0 amide bonds. The molecular weight excluding hydrogens is 362 g/mol. The highest BCUT2D eigenvalue weighted by Gasteiger charge is 2.26. The lowest BCUT2D eigenvalue weighted by Crippen LogP contribution is -2.51. The zero-order valence-electron chi connectivity index (χ0n) is 18.4. The summed E-state index contributed by atoms with van der Waals surface area (Å²) < 4.78 is 5.46. The van der Waals surface area contributed by atoms with E-state index in [0.717, 1.165) is 71.3 Å². The molecule has 162 valence electrons. The Hall–Kier alpha value is -1.63. The van der Waals surface area contributed by atoms with Gasteiger partial charge in [-0.3, -0.25) is 14.8 Å². The van der Waals surface area contributed by atoms with Crippen molar-refractivity contribution in [2.75, 3.05) is 45.9 Å². The SMILES string of the molecule is CCNC(=NCC(C)N1CCOCC1)NC1CCN(Cc2ccccc2)C(C)C1. The summed E-state index contributed by atoms with van der Waals surface area (Å²) in [6, 6.07) is 12.3. The van der Waals surface area contributed by atoms with Crippen LogP contribution < -0.4 is 10.6 Å². The van der Waals surface area contributed by atoms with E-state index in [4.69, 9.17) is 9.73 Å². The third kappa shape index (κ3) is 6.98. The number of morpholine rings is 1. The lowest BCUT2D eigenvalue weighted by Gasteiger charge is -2.38. The largest absolute Gasteiger partial charge is 0.379 e. The topological polar surface area (TPSA) is 52.1 Å². The van der Waals surface area contributed by atoms with Crippen molar-refractivity contribution in [3.8, 4) is 0 Å². The van der Waals surface area contributed by atoms with E-state index in [9.17, 15) is 0 Å². The number of ether oxygens (including phenoxy) is 1. The van der Waals surface area contributed by atoms with Gasteiger partial charge in [-0.2, -0.15) is 0 Å². The molecule has 1 aromatic rings. The van der Waals surface area contributed by atoms with Crippen LogP contribution in [0.25, 0.3) is 0 Å². The van der Waals surface area contributed by atoms with Crippen molar-refractivity contribution in [3.63, 3.8) is 0 Å². The lowest BCUT2D eigenvalue weighted by molar-refractivity contribution is 0.0220. The van der Waals surface area contributed by atoms with Crippen LogP contribution in [0.4, 0.5) is 0 Å². The smallest absolute Gasteiger partial charge is 0.191 e. The van der Waals surface area contributed by atoms with Crippen LogP contribution in [0.1, 0.15) is 39.2 Å². The standard InChI is InChI=1S/C23H39N5O/c1-4-24-23(25-17-20(3)27-12-14-29-15-13-27)26-22-10-11-28(19(2)16-22)18-21-8-6-5-7-9-21/h5-9,19-20,22H,4,10-18H2,1-3H3,(H2,24,25,26). The first-order chi connectivity index (χ1) is 14.2. The minimum absolute atomic E-state index is 0.445. The molecule has 0 bridgehead atoms. The monoisotopic (exact) mass is 401 g/mol. The van der Waals surface area contributed by atoms with Crippen molar-refractivity contribution in [2.45, 2.75) is 58.3 Å². The summed E-state index contributed by atoms with van der Waals surface area (Å²) in [4.78, 5) is 9.96. The first-order valence-corrected chi connectivity index (χ1v) is 11.3. The summed E-state index contributed by atoms with van der Waals surface area (Å²) in [5.41, 5.74) is 1.40. The predicted octanol–water partition coefficient (Wildman–Crippen LogP) is 2.32. The maximum atomic E-state index is 5.46. The van der Waals surface area contributed by atoms with E-state index in [-0.39, 0.29) is 0 Å². The minimum atomic E-state index is 0.445. The fraction of sp³-hybridized carbons (Fsp3) is 0.696. The van der Waals surface area contributed by atoms with E-state index >= 15 is 0 Å². The normalized spacial score (nSPS) is 25.6. The average molecular weight is 402 g/mol. The van der Waals surface area contributed by atoms with Crippen LogP contribution in [0.5, 0.6) is 0 Å². The van der Waals surface area contributed by atoms with E-state index in [1.165, 1.54) is 5.56 Å². The second kappa shape index (κ2) is 11.5. The van der Waals surface area contributed by atoms with Gasteiger partial charge in [-0.25, -0.2) is 0 Å². The molecular formula is C23H39N5O. The molecule has 2 heterocycles. The summed E-state index contributed by atoms with van der Waals surface area (Å²) in [6.07, 6.45) is 2.30. The number of rotatable bonds is 7. The Kier molecular flexibility index (Phi) is 8.77. The van der Waals surface area contributed by atoms with E-state index in [1.54, 1.807) is 0 Å². The molecule has 0 aliphatic carbocycles. The molecule has 3 rings (SSSR count). The van der Waals surface area contributed by atoms with Gasteiger partial charge in [-0.1, -0.05) is 30.3 Å². The van der Waals surface area contributed by atoms with Crippen molar-refractivity contribution in [1.82, 2.24) is 20.4 Å². The molecule has 29 heavy (non-hydrogen) atoms. The second-order valence-corrected chi connectivity index (χ2v) is 8.39. The van der Waals surface area contributed by atoms with Crippen LogP contribution in [0.2, 0.25) is 0 Å². The Morgan fingerprint density at radius 2 is 1.97 bits per heavy atom. The third-order valence-electron chi connectivity index (χ3n) is 6.11. The molecule has 2 fully saturated rings. The molecule has 0 saturated carbocycles. The van der Waals surface area contributed by atoms with E-state index < -0.39 is 0 Å². The van der Waals surface area contributed by atoms with Crippen LogP contribution in [0.3, 0.4) is 0 Å². The molecule has 2 aliphatic rings.